The van der Waals surface area contributed by atoms with Crippen LogP contribution in [-0.2, 0) is 4.79 Å². The van der Waals surface area contributed by atoms with Gasteiger partial charge in [0.1, 0.15) is 17.1 Å². The summed E-state index contributed by atoms with van der Waals surface area (Å²) in [6.45, 7) is 0. The molecule has 37 heavy (non-hydrogen) atoms. The number of halogens is 1. The molecule has 5 rings (SSSR count). The Kier molecular flexibility index (Phi) is 6.98. The van der Waals surface area contributed by atoms with Crippen molar-refractivity contribution in [1.29, 1.82) is 0 Å². The SMILES string of the molecule is O=C(C=Cc1ccc(-c2ccc(Cl)cc2)o1)NC(=S)Nc1ccc(-c2cc3ccccc3oc2=O)cc1. The van der Waals surface area contributed by atoms with Gasteiger partial charge in [0.2, 0.25) is 5.91 Å². The maximum absolute atomic E-state index is 12.4. The van der Waals surface area contributed by atoms with Crippen LogP contribution in [0, 0.1) is 0 Å². The van der Waals surface area contributed by atoms with E-state index < -0.39 is 11.5 Å². The van der Waals surface area contributed by atoms with Gasteiger partial charge in [-0.2, -0.15) is 0 Å². The Bertz CT molecular complexity index is 1690. The Hall–Kier alpha value is -4.46. The third kappa shape index (κ3) is 5.86. The van der Waals surface area contributed by atoms with E-state index in [1.54, 1.807) is 60.7 Å². The van der Waals surface area contributed by atoms with Crippen LogP contribution in [0.25, 0.3) is 39.5 Å². The minimum atomic E-state index is -0.411. The highest BCUT2D eigenvalue weighted by molar-refractivity contribution is 7.80. The number of rotatable bonds is 5. The maximum atomic E-state index is 12.4. The number of carbonyl (C=O) groups is 1. The number of hydrogen-bond donors (Lipinski definition) is 2. The van der Waals surface area contributed by atoms with E-state index in [9.17, 15) is 9.59 Å². The molecule has 2 N–H and O–H groups in total. The minimum Gasteiger partial charge on any atom is -0.457 e. The van der Waals surface area contributed by atoms with Gasteiger partial charge in [0.15, 0.2) is 5.11 Å². The van der Waals surface area contributed by atoms with Gasteiger partial charge in [-0.25, -0.2) is 4.79 Å². The van der Waals surface area contributed by atoms with Crippen molar-refractivity contribution >= 4 is 57.6 Å². The molecule has 182 valence electrons. The van der Waals surface area contributed by atoms with E-state index in [0.29, 0.717) is 38.9 Å². The predicted octanol–water partition coefficient (Wildman–Crippen LogP) is 6.90. The molecule has 0 bridgehead atoms. The first-order valence-electron chi connectivity index (χ1n) is 11.2. The van der Waals surface area contributed by atoms with Gasteiger partial charge in [-0.3, -0.25) is 10.1 Å². The molecule has 0 aliphatic heterocycles. The van der Waals surface area contributed by atoms with E-state index in [4.69, 9.17) is 32.7 Å². The van der Waals surface area contributed by atoms with Gasteiger partial charge >= 0.3 is 5.63 Å². The molecule has 2 aromatic heterocycles. The highest BCUT2D eigenvalue weighted by Crippen LogP contribution is 2.25. The average molecular weight is 527 g/mol. The number of amides is 1. The van der Waals surface area contributed by atoms with Crippen LogP contribution in [0.2, 0.25) is 5.02 Å². The molecule has 0 atom stereocenters. The first kappa shape index (κ1) is 24.2. The van der Waals surface area contributed by atoms with Crippen molar-refractivity contribution in [3.8, 4) is 22.5 Å². The zero-order valence-electron chi connectivity index (χ0n) is 19.2. The maximum Gasteiger partial charge on any atom is 0.344 e. The van der Waals surface area contributed by atoms with Gasteiger partial charge in [0, 0.05) is 27.7 Å². The summed E-state index contributed by atoms with van der Waals surface area (Å²) in [5.41, 5.74) is 2.83. The molecule has 1 amide bonds. The first-order chi connectivity index (χ1) is 17.9. The highest BCUT2D eigenvalue weighted by Gasteiger charge is 2.09. The number of hydrogen-bond acceptors (Lipinski definition) is 5. The molecule has 0 aliphatic rings. The van der Waals surface area contributed by atoms with Gasteiger partial charge in [0.05, 0.1) is 5.56 Å². The van der Waals surface area contributed by atoms with Crippen LogP contribution in [0.15, 0.2) is 111 Å². The van der Waals surface area contributed by atoms with Gasteiger partial charge in [0.25, 0.3) is 0 Å². The molecule has 0 saturated carbocycles. The molecular formula is C29H19ClN2O4S. The van der Waals surface area contributed by atoms with Crippen LogP contribution in [0.3, 0.4) is 0 Å². The minimum absolute atomic E-state index is 0.133. The normalized spacial score (nSPS) is 11.1. The number of thiocarbonyl (C=S) groups is 1. The zero-order valence-corrected chi connectivity index (χ0v) is 20.8. The summed E-state index contributed by atoms with van der Waals surface area (Å²) in [4.78, 5) is 24.7. The topological polar surface area (TPSA) is 84.5 Å². The van der Waals surface area contributed by atoms with Gasteiger partial charge < -0.3 is 14.2 Å². The van der Waals surface area contributed by atoms with E-state index >= 15 is 0 Å². The molecule has 0 saturated heterocycles. The monoisotopic (exact) mass is 526 g/mol. The Labute approximate surface area is 222 Å². The predicted molar refractivity (Wildman–Crippen MR) is 150 cm³/mol. The van der Waals surface area contributed by atoms with Crippen molar-refractivity contribution in [2.75, 3.05) is 5.32 Å². The summed E-state index contributed by atoms with van der Waals surface area (Å²) in [6.07, 6.45) is 2.89. The van der Waals surface area contributed by atoms with Crippen LogP contribution >= 0.6 is 23.8 Å². The Morgan fingerprint density at radius 3 is 2.38 bits per heavy atom. The number of carbonyl (C=O) groups excluding carboxylic acids is 1. The summed E-state index contributed by atoms with van der Waals surface area (Å²) >= 11 is 11.2. The standard InChI is InChI=1S/C29H19ClN2O4S/c30-21-9-5-19(6-10-21)26-15-13-23(35-26)14-16-27(33)32-29(37)31-22-11-7-18(8-12-22)24-17-20-3-1-2-4-25(20)36-28(24)34/h1-17H,(H2,31,32,33,37). The van der Waals surface area contributed by atoms with Crippen molar-refractivity contribution in [3.05, 3.63) is 118 Å². The summed E-state index contributed by atoms with van der Waals surface area (Å²) in [6, 6.07) is 27.1. The molecule has 6 nitrogen and oxygen atoms in total. The number of nitrogens with one attached hydrogen (secondary N) is 2. The van der Waals surface area contributed by atoms with E-state index in [0.717, 1.165) is 10.9 Å². The van der Waals surface area contributed by atoms with E-state index in [1.165, 1.54) is 6.08 Å². The lowest BCUT2D eigenvalue weighted by atomic mass is 10.1. The van der Waals surface area contributed by atoms with Crippen LogP contribution in [0.1, 0.15) is 5.76 Å². The summed E-state index contributed by atoms with van der Waals surface area (Å²) in [5, 5.41) is 7.16. The zero-order chi connectivity index (χ0) is 25.8. The number of anilines is 1. The van der Waals surface area contributed by atoms with Crippen molar-refractivity contribution in [3.63, 3.8) is 0 Å². The summed E-state index contributed by atoms with van der Waals surface area (Å²) in [7, 11) is 0. The molecule has 0 aliphatic carbocycles. The smallest absolute Gasteiger partial charge is 0.344 e. The number of para-hydroxylation sites is 1. The summed E-state index contributed by atoms with van der Waals surface area (Å²) < 4.78 is 11.2. The largest absolute Gasteiger partial charge is 0.457 e. The third-order valence-corrected chi connectivity index (χ3v) is 5.94. The molecule has 3 aromatic carbocycles. The molecule has 0 fully saturated rings. The fraction of sp³-hybridized carbons (Fsp3) is 0. The lowest BCUT2D eigenvalue weighted by molar-refractivity contribution is -0.115. The Morgan fingerprint density at radius 1 is 0.865 bits per heavy atom. The lowest BCUT2D eigenvalue weighted by Crippen LogP contribution is -2.32. The fourth-order valence-corrected chi connectivity index (χ4v) is 4.03. The lowest BCUT2D eigenvalue weighted by Gasteiger charge is -2.09. The Balaban J connectivity index is 1.19. The number of furan rings is 1. The van der Waals surface area contributed by atoms with Gasteiger partial charge in [-0.05, 0) is 84.5 Å². The second kappa shape index (κ2) is 10.7. The molecule has 0 unspecified atom stereocenters. The van der Waals surface area contributed by atoms with Gasteiger partial charge in [-0.1, -0.05) is 41.9 Å². The molecule has 8 heteroatoms. The van der Waals surface area contributed by atoms with E-state index in [1.807, 2.05) is 36.4 Å². The summed E-state index contributed by atoms with van der Waals surface area (Å²) in [5.74, 6) is 0.777. The second-order valence-corrected chi connectivity index (χ2v) is 8.89. The van der Waals surface area contributed by atoms with E-state index in [2.05, 4.69) is 10.6 Å². The Morgan fingerprint density at radius 2 is 1.59 bits per heavy atom. The molecule has 0 radical (unpaired) electrons. The third-order valence-electron chi connectivity index (χ3n) is 5.49. The van der Waals surface area contributed by atoms with Gasteiger partial charge in [-0.15, -0.1) is 0 Å². The van der Waals surface area contributed by atoms with Crippen LogP contribution in [0.5, 0.6) is 0 Å². The molecule has 0 spiro atoms. The average Bonchev–Trinajstić information content (AvgIpc) is 3.37. The van der Waals surface area contributed by atoms with Crippen molar-refractivity contribution in [2.24, 2.45) is 0 Å². The quantitative estimate of drug-likeness (QED) is 0.147. The van der Waals surface area contributed by atoms with Crippen LogP contribution in [-0.4, -0.2) is 11.0 Å². The van der Waals surface area contributed by atoms with E-state index in [-0.39, 0.29) is 5.11 Å². The molecule has 2 heterocycles. The van der Waals surface area contributed by atoms with Crippen molar-refractivity contribution < 1.29 is 13.6 Å². The molecule has 5 aromatic rings. The molecular weight excluding hydrogens is 508 g/mol. The number of fused-ring (bicyclic) bond motifs is 1. The second-order valence-electron chi connectivity index (χ2n) is 8.05. The van der Waals surface area contributed by atoms with Crippen LogP contribution in [0.4, 0.5) is 5.69 Å². The highest BCUT2D eigenvalue weighted by atomic mass is 35.5. The number of benzene rings is 3. The van der Waals surface area contributed by atoms with Crippen molar-refractivity contribution in [2.45, 2.75) is 0 Å². The first-order valence-corrected chi connectivity index (χ1v) is 12.0. The fourth-order valence-electron chi connectivity index (χ4n) is 3.68. The van der Waals surface area contributed by atoms with Crippen LogP contribution < -0.4 is 16.3 Å². The van der Waals surface area contributed by atoms with Crippen molar-refractivity contribution in [1.82, 2.24) is 5.32 Å².